The van der Waals surface area contributed by atoms with Gasteiger partial charge in [-0.25, -0.2) is 4.79 Å². The summed E-state index contributed by atoms with van der Waals surface area (Å²) in [4.78, 5) is 25.9. The zero-order valence-electron chi connectivity index (χ0n) is 11.2. The molecular formula is C15H12N2O4. The summed E-state index contributed by atoms with van der Waals surface area (Å²) < 4.78 is 4.60. The van der Waals surface area contributed by atoms with Crippen molar-refractivity contribution in [1.29, 1.82) is 0 Å². The summed E-state index contributed by atoms with van der Waals surface area (Å²) in [6, 6.07) is 12.8. The SMILES string of the molecule is COC(=O)c1ccc(N=Cc2ccccc2[N+](=O)[O-])cc1. The van der Waals surface area contributed by atoms with Crippen molar-refractivity contribution < 1.29 is 14.5 Å². The van der Waals surface area contributed by atoms with E-state index in [0.717, 1.165) is 0 Å². The zero-order chi connectivity index (χ0) is 15.2. The van der Waals surface area contributed by atoms with Crippen molar-refractivity contribution >= 4 is 23.6 Å². The number of carbonyl (C=O) groups is 1. The average Bonchev–Trinajstić information content (AvgIpc) is 2.52. The van der Waals surface area contributed by atoms with Gasteiger partial charge in [-0.3, -0.25) is 15.1 Å². The molecular weight excluding hydrogens is 272 g/mol. The number of ether oxygens (including phenoxy) is 1. The Morgan fingerprint density at radius 3 is 2.48 bits per heavy atom. The lowest BCUT2D eigenvalue weighted by Gasteiger charge is -1.99. The molecule has 0 N–H and O–H groups in total. The molecule has 0 aliphatic heterocycles. The molecule has 0 aliphatic rings. The predicted octanol–water partition coefficient (Wildman–Crippen LogP) is 3.13. The highest BCUT2D eigenvalue weighted by Gasteiger charge is 2.10. The van der Waals surface area contributed by atoms with E-state index in [1.54, 1.807) is 42.5 Å². The molecule has 6 nitrogen and oxygen atoms in total. The van der Waals surface area contributed by atoms with E-state index in [9.17, 15) is 14.9 Å². The minimum atomic E-state index is -0.457. The molecule has 0 unspecified atom stereocenters. The highest BCUT2D eigenvalue weighted by Crippen LogP contribution is 2.18. The van der Waals surface area contributed by atoms with E-state index in [2.05, 4.69) is 9.73 Å². The fourth-order valence-corrected chi connectivity index (χ4v) is 1.71. The fraction of sp³-hybridized carbons (Fsp3) is 0.0667. The number of rotatable bonds is 4. The second-order valence-corrected chi connectivity index (χ2v) is 4.11. The van der Waals surface area contributed by atoms with E-state index in [0.29, 0.717) is 16.8 Å². The van der Waals surface area contributed by atoms with Gasteiger partial charge in [0.05, 0.1) is 28.8 Å². The van der Waals surface area contributed by atoms with Crippen molar-refractivity contribution in [1.82, 2.24) is 0 Å². The average molecular weight is 284 g/mol. The Balaban J connectivity index is 2.22. The van der Waals surface area contributed by atoms with Crippen molar-refractivity contribution in [3.8, 4) is 0 Å². The van der Waals surface area contributed by atoms with Crippen LogP contribution in [0.2, 0.25) is 0 Å². The van der Waals surface area contributed by atoms with Crippen molar-refractivity contribution in [3.05, 3.63) is 69.8 Å². The third-order valence-corrected chi connectivity index (χ3v) is 2.77. The van der Waals surface area contributed by atoms with Crippen LogP contribution < -0.4 is 0 Å². The van der Waals surface area contributed by atoms with E-state index < -0.39 is 10.9 Å². The maximum Gasteiger partial charge on any atom is 0.337 e. The third-order valence-electron chi connectivity index (χ3n) is 2.77. The Bertz CT molecular complexity index is 693. The van der Waals surface area contributed by atoms with Gasteiger partial charge < -0.3 is 4.74 Å². The van der Waals surface area contributed by atoms with Crippen LogP contribution in [0.4, 0.5) is 11.4 Å². The molecule has 0 saturated heterocycles. The van der Waals surface area contributed by atoms with Crippen molar-refractivity contribution in [3.63, 3.8) is 0 Å². The molecule has 0 aliphatic carbocycles. The molecule has 6 heteroatoms. The molecule has 0 radical (unpaired) electrons. The summed E-state index contributed by atoms with van der Waals surface area (Å²) in [5, 5.41) is 10.9. The molecule has 0 saturated carbocycles. The molecule has 0 bridgehead atoms. The molecule has 0 heterocycles. The largest absolute Gasteiger partial charge is 0.465 e. The van der Waals surface area contributed by atoms with Gasteiger partial charge in [-0.15, -0.1) is 0 Å². The summed E-state index contributed by atoms with van der Waals surface area (Å²) in [5.74, 6) is -0.427. The number of nitro groups is 1. The van der Waals surface area contributed by atoms with Crippen LogP contribution in [0.1, 0.15) is 15.9 Å². The van der Waals surface area contributed by atoms with Crippen molar-refractivity contribution in [2.24, 2.45) is 4.99 Å². The lowest BCUT2D eigenvalue weighted by atomic mass is 10.2. The number of benzene rings is 2. The minimum absolute atomic E-state index is 0.00701. The summed E-state index contributed by atoms with van der Waals surface area (Å²) in [7, 11) is 1.31. The summed E-state index contributed by atoms with van der Waals surface area (Å²) in [6.07, 6.45) is 1.42. The van der Waals surface area contributed by atoms with Crippen LogP contribution in [0.25, 0.3) is 0 Å². The number of hydrogen-bond acceptors (Lipinski definition) is 5. The first kappa shape index (κ1) is 14.4. The van der Waals surface area contributed by atoms with Crippen LogP contribution >= 0.6 is 0 Å². The number of nitrogens with zero attached hydrogens (tertiary/aromatic N) is 2. The third kappa shape index (κ3) is 3.50. The Hall–Kier alpha value is -3.02. The Morgan fingerprint density at radius 1 is 1.19 bits per heavy atom. The van der Waals surface area contributed by atoms with E-state index in [4.69, 9.17) is 0 Å². The number of methoxy groups -OCH3 is 1. The highest BCUT2D eigenvalue weighted by molar-refractivity contribution is 5.90. The highest BCUT2D eigenvalue weighted by atomic mass is 16.6. The molecule has 0 atom stereocenters. The molecule has 0 aromatic heterocycles. The van der Waals surface area contributed by atoms with Gasteiger partial charge in [-0.05, 0) is 30.3 Å². The number of aliphatic imine (C=N–C) groups is 1. The van der Waals surface area contributed by atoms with Crippen LogP contribution in [-0.4, -0.2) is 24.2 Å². The second-order valence-electron chi connectivity index (χ2n) is 4.11. The number of esters is 1. The van der Waals surface area contributed by atoms with Crippen LogP contribution in [0.15, 0.2) is 53.5 Å². The maximum atomic E-state index is 11.3. The molecule has 21 heavy (non-hydrogen) atoms. The van der Waals surface area contributed by atoms with Crippen LogP contribution in [0, 0.1) is 10.1 Å². The molecule has 0 fully saturated rings. The van der Waals surface area contributed by atoms with E-state index >= 15 is 0 Å². The van der Waals surface area contributed by atoms with Crippen molar-refractivity contribution in [2.45, 2.75) is 0 Å². The van der Waals surface area contributed by atoms with Gasteiger partial charge in [0.1, 0.15) is 0 Å². The Morgan fingerprint density at radius 2 is 1.86 bits per heavy atom. The fourth-order valence-electron chi connectivity index (χ4n) is 1.71. The van der Waals surface area contributed by atoms with Crippen LogP contribution in [0.3, 0.4) is 0 Å². The smallest absolute Gasteiger partial charge is 0.337 e. The lowest BCUT2D eigenvalue weighted by Crippen LogP contribution is -1.99. The first-order valence-electron chi connectivity index (χ1n) is 6.07. The van der Waals surface area contributed by atoms with E-state index in [1.165, 1.54) is 19.4 Å². The van der Waals surface area contributed by atoms with Gasteiger partial charge >= 0.3 is 5.97 Å². The van der Waals surface area contributed by atoms with Gasteiger partial charge in [0.15, 0.2) is 0 Å². The van der Waals surface area contributed by atoms with Gasteiger partial charge in [-0.1, -0.05) is 12.1 Å². The van der Waals surface area contributed by atoms with Gasteiger partial charge in [0.25, 0.3) is 5.69 Å². The quantitative estimate of drug-likeness (QED) is 0.374. The van der Waals surface area contributed by atoms with Gasteiger partial charge in [0, 0.05) is 12.3 Å². The molecule has 2 aromatic rings. The zero-order valence-corrected chi connectivity index (χ0v) is 11.2. The molecule has 0 amide bonds. The summed E-state index contributed by atoms with van der Waals surface area (Å²) in [6.45, 7) is 0. The summed E-state index contributed by atoms with van der Waals surface area (Å²) >= 11 is 0. The first-order valence-corrected chi connectivity index (χ1v) is 6.07. The Kier molecular flexibility index (Phi) is 4.40. The van der Waals surface area contributed by atoms with E-state index in [1.807, 2.05) is 0 Å². The van der Waals surface area contributed by atoms with Crippen molar-refractivity contribution in [2.75, 3.05) is 7.11 Å². The first-order chi connectivity index (χ1) is 10.1. The lowest BCUT2D eigenvalue weighted by molar-refractivity contribution is -0.385. The van der Waals surface area contributed by atoms with E-state index in [-0.39, 0.29) is 5.69 Å². The van der Waals surface area contributed by atoms with Gasteiger partial charge in [-0.2, -0.15) is 0 Å². The molecule has 2 aromatic carbocycles. The predicted molar refractivity (Wildman–Crippen MR) is 78.1 cm³/mol. The topological polar surface area (TPSA) is 81.8 Å². The number of hydrogen-bond donors (Lipinski definition) is 0. The number of carbonyl (C=O) groups excluding carboxylic acids is 1. The molecule has 106 valence electrons. The van der Waals surface area contributed by atoms with Crippen LogP contribution in [-0.2, 0) is 4.74 Å². The normalized spacial score (nSPS) is 10.5. The van der Waals surface area contributed by atoms with Crippen LogP contribution in [0.5, 0.6) is 0 Å². The molecule has 2 rings (SSSR count). The monoisotopic (exact) mass is 284 g/mol. The number of nitro benzene ring substituents is 1. The maximum absolute atomic E-state index is 11.3. The second kappa shape index (κ2) is 6.42. The standard InChI is InChI=1S/C15H12N2O4/c1-21-15(18)11-6-8-13(9-7-11)16-10-12-4-2-3-5-14(12)17(19)20/h2-10H,1H3. The molecule has 0 spiro atoms. The summed E-state index contributed by atoms with van der Waals surface area (Å²) in [5.41, 5.74) is 1.41. The Labute approximate surface area is 120 Å². The minimum Gasteiger partial charge on any atom is -0.465 e. The number of para-hydroxylation sites is 1. The van der Waals surface area contributed by atoms with Gasteiger partial charge in [0.2, 0.25) is 0 Å².